The van der Waals surface area contributed by atoms with E-state index in [9.17, 15) is 45.2 Å². The summed E-state index contributed by atoms with van der Waals surface area (Å²) in [5.41, 5.74) is 0.110. The average Bonchev–Trinajstić information content (AvgIpc) is 4.11. The van der Waals surface area contributed by atoms with Gasteiger partial charge in [0.1, 0.15) is 46.4 Å². The number of sulfonamides is 1. The third-order valence-corrected chi connectivity index (χ3v) is 13.3. The Hall–Kier alpha value is -5.72. The minimum absolute atomic E-state index is 0.0596. The van der Waals surface area contributed by atoms with E-state index >= 15 is 0 Å². The average molecular weight is 856 g/mol. The number of carbonyl (C=O) groups is 4. The molecule has 2 aromatic heterocycles. The Morgan fingerprint density at radius 1 is 1.03 bits per heavy atom. The van der Waals surface area contributed by atoms with Gasteiger partial charge in [-0.3, -0.25) is 23.9 Å². The topological polar surface area (TPSA) is 186 Å². The molecule has 1 saturated heterocycles. The molecule has 2 aromatic carbocycles. The number of hydrogen-bond donors (Lipinski definition) is 3. The Bertz CT molecular complexity index is 2510. The molecule has 4 aromatic rings. The lowest BCUT2D eigenvalue weighted by Gasteiger charge is -2.30. The van der Waals surface area contributed by atoms with E-state index in [1.165, 1.54) is 31.4 Å². The van der Waals surface area contributed by atoms with Crippen LogP contribution in [0.3, 0.4) is 0 Å². The Labute approximate surface area is 341 Å². The molecule has 2 aliphatic carbocycles. The lowest BCUT2D eigenvalue weighted by Crippen LogP contribution is -2.58. The SMILES string of the molecule is COc1ccc2oc3c(O[C@@H]4C[C@H]5C(=O)N[C@]6(C(=O)NS(=O)(=O)C7CC7)C[C@H]6/C=C\CCCCC[C@H](NC(=O)C(F)(F)F)C(=O)N5C4)cc(-c4ccc(F)cc4)nc3c2c1. The Balaban J connectivity index is 1.16. The van der Waals surface area contributed by atoms with Crippen LogP contribution in [0.5, 0.6) is 11.5 Å². The first-order chi connectivity index (χ1) is 28.6. The molecule has 4 heterocycles. The van der Waals surface area contributed by atoms with Crippen LogP contribution >= 0.6 is 0 Å². The van der Waals surface area contributed by atoms with Gasteiger partial charge in [-0.25, -0.2) is 17.8 Å². The van der Waals surface area contributed by atoms with Crippen molar-refractivity contribution in [1.29, 1.82) is 0 Å². The summed E-state index contributed by atoms with van der Waals surface area (Å²) in [4.78, 5) is 60.6. The summed E-state index contributed by atoms with van der Waals surface area (Å²) >= 11 is 0. The second-order valence-electron chi connectivity index (χ2n) is 15.7. The molecule has 60 heavy (non-hydrogen) atoms. The number of aromatic nitrogens is 1. The maximum absolute atomic E-state index is 14.4. The van der Waals surface area contributed by atoms with E-state index < -0.39 is 80.5 Å². The molecule has 5 atom stereocenters. The van der Waals surface area contributed by atoms with Crippen molar-refractivity contribution in [1.82, 2.24) is 25.2 Å². The quantitative estimate of drug-likeness (QED) is 0.157. The van der Waals surface area contributed by atoms with E-state index in [1.807, 2.05) is 5.32 Å². The molecule has 4 amide bonds. The van der Waals surface area contributed by atoms with Crippen LogP contribution in [0, 0.1) is 11.7 Å². The van der Waals surface area contributed by atoms with E-state index in [2.05, 4.69) is 10.0 Å². The highest BCUT2D eigenvalue weighted by molar-refractivity contribution is 7.91. The number of pyridine rings is 1. The Morgan fingerprint density at radius 2 is 1.80 bits per heavy atom. The number of allylic oxidation sites excluding steroid dienone is 1. The fourth-order valence-electron chi connectivity index (χ4n) is 7.93. The fourth-order valence-corrected chi connectivity index (χ4v) is 9.30. The van der Waals surface area contributed by atoms with E-state index in [1.54, 1.807) is 36.4 Å². The highest BCUT2D eigenvalue weighted by Gasteiger charge is 2.62. The van der Waals surface area contributed by atoms with Gasteiger partial charge in [0.05, 0.1) is 30.0 Å². The second-order valence-corrected chi connectivity index (χ2v) is 17.6. The molecule has 0 spiro atoms. The summed E-state index contributed by atoms with van der Waals surface area (Å²) < 4.78 is 101. The number of fused-ring (bicyclic) bond motifs is 5. The zero-order chi connectivity index (χ0) is 42.6. The molecule has 3 fully saturated rings. The fraction of sp³-hybridized carbons (Fsp3) is 0.439. The van der Waals surface area contributed by atoms with Crippen molar-refractivity contribution < 1.29 is 59.0 Å². The number of nitrogens with zero attached hydrogens (tertiary/aromatic N) is 2. The van der Waals surface area contributed by atoms with Crippen molar-refractivity contribution in [2.24, 2.45) is 5.92 Å². The number of halogens is 4. The summed E-state index contributed by atoms with van der Waals surface area (Å²) in [7, 11) is -2.53. The van der Waals surface area contributed by atoms with Gasteiger partial charge in [-0.05, 0) is 81.0 Å². The Kier molecular flexibility index (Phi) is 10.7. The standard InChI is InChI=1S/C41H41F4N5O9S/c1-57-25-13-16-32-28(17-25)34-35(59-32)33(19-30(46-34)22-9-11-24(42)12-10-22)58-26-18-31-36(51)48-40(38(53)49-60(55,56)27-14-15-27)20-23(40)7-5-3-2-4-6-8-29(37(52)50(31)21-26)47-39(54)41(43,44)45/h5,7,9-13,16-17,19,23,26-27,29,31H,2-4,6,8,14-15,18,20-21H2,1H3,(H,47,54)(H,48,51)(H,49,53)/b7-5-/t23-,26-,29+,31+,40-/m1/s1. The summed E-state index contributed by atoms with van der Waals surface area (Å²) in [5.74, 6) is -5.55. The van der Waals surface area contributed by atoms with Crippen molar-refractivity contribution >= 4 is 55.7 Å². The Morgan fingerprint density at radius 3 is 2.52 bits per heavy atom. The van der Waals surface area contributed by atoms with Crippen LogP contribution in [0.25, 0.3) is 33.3 Å². The van der Waals surface area contributed by atoms with Crippen LogP contribution < -0.4 is 24.8 Å². The highest BCUT2D eigenvalue weighted by Crippen LogP contribution is 2.46. The summed E-state index contributed by atoms with van der Waals surface area (Å²) in [6.07, 6.45) is -0.549. The molecule has 14 nitrogen and oxygen atoms in total. The zero-order valence-corrected chi connectivity index (χ0v) is 33.0. The van der Waals surface area contributed by atoms with Crippen molar-refractivity contribution in [2.75, 3.05) is 13.7 Å². The summed E-state index contributed by atoms with van der Waals surface area (Å²) in [6, 6.07) is 9.03. The number of benzene rings is 2. The maximum Gasteiger partial charge on any atom is 0.471 e. The number of ether oxygens (including phenoxy) is 2. The van der Waals surface area contributed by atoms with E-state index in [4.69, 9.17) is 18.9 Å². The van der Waals surface area contributed by atoms with E-state index in [0.717, 1.165) is 4.90 Å². The molecule has 19 heteroatoms. The van der Waals surface area contributed by atoms with Crippen molar-refractivity contribution in [3.8, 4) is 22.8 Å². The van der Waals surface area contributed by atoms with Crippen LogP contribution in [-0.2, 0) is 29.2 Å². The maximum atomic E-state index is 14.4. The molecule has 2 aliphatic heterocycles. The van der Waals surface area contributed by atoms with E-state index in [-0.39, 0.29) is 43.6 Å². The molecule has 318 valence electrons. The van der Waals surface area contributed by atoms with Gasteiger partial charge >= 0.3 is 12.1 Å². The predicted octanol–water partition coefficient (Wildman–Crippen LogP) is 5.19. The molecule has 2 saturated carbocycles. The smallest absolute Gasteiger partial charge is 0.471 e. The van der Waals surface area contributed by atoms with Crippen molar-refractivity contribution in [3.05, 3.63) is 66.5 Å². The number of alkyl halides is 3. The second kappa shape index (κ2) is 15.7. The van der Waals surface area contributed by atoms with Gasteiger partial charge in [-0.2, -0.15) is 13.2 Å². The van der Waals surface area contributed by atoms with Crippen LogP contribution in [-0.4, -0.2) is 90.7 Å². The van der Waals surface area contributed by atoms with Gasteiger partial charge in [0.25, 0.3) is 5.91 Å². The largest absolute Gasteiger partial charge is 0.497 e. The first kappa shape index (κ1) is 41.0. The molecule has 0 unspecified atom stereocenters. The van der Waals surface area contributed by atoms with E-state index in [0.29, 0.717) is 65.6 Å². The molecular formula is C41H41F4N5O9S. The predicted molar refractivity (Wildman–Crippen MR) is 207 cm³/mol. The van der Waals surface area contributed by atoms with Crippen LogP contribution in [0.4, 0.5) is 17.6 Å². The van der Waals surface area contributed by atoms with Crippen LogP contribution in [0.15, 0.2) is 65.1 Å². The molecule has 0 bridgehead atoms. The third-order valence-electron chi connectivity index (χ3n) is 11.4. The lowest BCUT2D eigenvalue weighted by molar-refractivity contribution is -0.175. The van der Waals surface area contributed by atoms with Gasteiger partial charge in [-0.1, -0.05) is 25.0 Å². The number of furan rings is 1. The normalized spacial score (nSPS) is 25.6. The molecule has 4 aliphatic rings. The summed E-state index contributed by atoms with van der Waals surface area (Å²) in [6.45, 7) is -0.350. The lowest BCUT2D eigenvalue weighted by atomic mass is 10.0. The first-order valence-corrected chi connectivity index (χ1v) is 21.2. The number of hydrogen-bond acceptors (Lipinski definition) is 10. The van der Waals surface area contributed by atoms with Gasteiger partial charge in [0, 0.05) is 24.0 Å². The molecule has 0 radical (unpaired) electrons. The molecule has 3 N–H and O–H groups in total. The van der Waals surface area contributed by atoms with Gasteiger partial charge in [0.2, 0.25) is 21.8 Å². The van der Waals surface area contributed by atoms with Gasteiger partial charge < -0.3 is 29.4 Å². The first-order valence-electron chi connectivity index (χ1n) is 19.6. The highest BCUT2D eigenvalue weighted by atomic mass is 32.2. The zero-order valence-electron chi connectivity index (χ0n) is 32.2. The monoisotopic (exact) mass is 855 g/mol. The van der Waals surface area contributed by atoms with Crippen molar-refractivity contribution in [2.45, 2.75) is 92.9 Å². The minimum atomic E-state index is -5.30. The summed E-state index contributed by atoms with van der Waals surface area (Å²) in [5, 5.41) is 4.36. The number of methoxy groups -OCH3 is 1. The van der Waals surface area contributed by atoms with Crippen LogP contribution in [0.2, 0.25) is 0 Å². The molecule has 8 rings (SSSR count). The number of nitrogens with one attached hydrogen (secondary N) is 3. The number of rotatable bonds is 8. The number of amides is 4. The number of carbonyl (C=O) groups excluding carboxylic acids is 4. The van der Waals surface area contributed by atoms with Crippen LogP contribution in [0.1, 0.15) is 57.8 Å². The van der Waals surface area contributed by atoms with Gasteiger partial charge in [0.15, 0.2) is 11.3 Å². The molecular weight excluding hydrogens is 815 g/mol. The van der Waals surface area contributed by atoms with Gasteiger partial charge in [-0.15, -0.1) is 0 Å². The van der Waals surface area contributed by atoms with Crippen molar-refractivity contribution in [3.63, 3.8) is 0 Å². The third kappa shape index (κ3) is 8.23. The minimum Gasteiger partial charge on any atom is -0.497 e.